The highest BCUT2D eigenvalue weighted by Gasteiger charge is 2.20. The minimum Gasteiger partial charge on any atom is -0.321 e. The fraction of sp³-hybridized carbons (Fsp3) is 0.353. The van der Waals surface area contributed by atoms with E-state index in [-0.39, 0.29) is 16.1 Å². The van der Waals surface area contributed by atoms with Crippen LogP contribution in [-0.4, -0.2) is 42.5 Å². The van der Waals surface area contributed by atoms with E-state index < -0.39 is 15.9 Å². The Morgan fingerprint density at radius 3 is 2.54 bits per heavy atom. The predicted molar refractivity (Wildman–Crippen MR) is 98.8 cm³/mol. The van der Waals surface area contributed by atoms with E-state index in [2.05, 4.69) is 10.4 Å². The third-order valence-electron chi connectivity index (χ3n) is 3.74. The first-order valence-corrected chi connectivity index (χ1v) is 9.53. The zero-order valence-corrected chi connectivity index (χ0v) is 16.0. The van der Waals surface area contributed by atoms with Crippen LogP contribution in [0, 0.1) is 6.92 Å². The third-order valence-corrected chi connectivity index (χ3v) is 5.70. The van der Waals surface area contributed by atoms with E-state index >= 15 is 0 Å². The molecule has 1 N–H and O–H groups in total. The normalized spacial score (nSPS) is 11.6. The van der Waals surface area contributed by atoms with Crippen molar-refractivity contribution in [2.24, 2.45) is 0 Å². The van der Waals surface area contributed by atoms with E-state index in [9.17, 15) is 18.0 Å². The van der Waals surface area contributed by atoms with E-state index in [4.69, 9.17) is 0 Å². The highest BCUT2D eigenvalue weighted by Crippen LogP contribution is 2.22. The van der Waals surface area contributed by atoms with Gasteiger partial charge in [0.1, 0.15) is 5.69 Å². The molecule has 0 spiro atoms. The molecule has 0 fully saturated rings. The van der Waals surface area contributed by atoms with Crippen molar-refractivity contribution in [3.05, 3.63) is 51.9 Å². The molecule has 0 unspecified atom stereocenters. The molecule has 0 saturated carbocycles. The monoisotopic (exact) mass is 378 g/mol. The number of sulfonamides is 1. The van der Waals surface area contributed by atoms with Gasteiger partial charge in [0.05, 0.1) is 4.90 Å². The van der Waals surface area contributed by atoms with E-state index in [1.807, 2.05) is 6.92 Å². The maximum atomic E-state index is 12.4. The number of carbonyl (C=O) groups excluding carboxylic acids is 1. The number of nitrogens with zero attached hydrogens (tertiary/aromatic N) is 3. The molecule has 9 heteroatoms. The van der Waals surface area contributed by atoms with E-state index in [0.29, 0.717) is 24.2 Å². The summed E-state index contributed by atoms with van der Waals surface area (Å²) in [7, 11) is -0.739. The Bertz CT molecular complexity index is 980. The number of aromatic nitrogens is 2. The lowest BCUT2D eigenvalue weighted by Crippen LogP contribution is -2.26. The molecule has 1 amide bonds. The van der Waals surface area contributed by atoms with Gasteiger partial charge in [-0.15, -0.1) is 0 Å². The van der Waals surface area contributed by atoms with Crippen LogP contribution in [0.4, 0.5) is 5.69 Å². The summed E-state index contributed by atoms with van der Waals surface area (Å²) in [6.45, 7) is 4.00. The maximum Gasteiger partial charge on any atom is 0.276 e. The zero-order valence-electron chi connectivity index (χ0n) is 15.2. The summed E-state index contributed by atoms with van der Waals surface area (Å²) < 4.78 is 27.1. The van der Waals surface area contributed by atoms with Crippen LogP contribution in [0.1, 0.15) is 29.4 Å². The number of benzene rings is 1. The lowest BCUT2D eigenvalue weighted by molar-refractivity contribution is 0.101. The Kier molecular flexibility index (Phi) is 5.94. The largest absolute Gasteiger partial charge is 0.321 e. The number of anilines is 1. The molecule has 0 radical (unpaired) electrons. The smallest absolute Gasteiger partial charge is 0.276 e. The van der Waals surface area contributed by atoms with E-state index in [0.717, 1.165) is 4.31 Å². The van der Waals surface area contributed by atoms with Gasteiger partial charge in [-0.3, -0.25) is 9.59 Å². The summed E-state index contributed by atoms with van der Waals surface area (Å²) >= 11 is 0. The van der Waals surface area contributed by atoms with Crippen molar-refractivity contribution >= 4 is 21.6 Å². The minimum atomic E-state index is -3.63. The predicted octanol–water partition coefficient (Wildman–Crippen LogP) is 1.46. The van der Waals surface area contributed by atoms with Crippen molar-refractivity contribution in [3.8, 4) is 0 Å². The SMILES string of the molecule is CCCn1nc(C(=O)Nc2ccc(C)c(S(=O)(=O)N(C)C)c2)ccc1=O. The van der Waals surface area contributed by atoms with Gasteiger partial charge in [-0.2, -0.15) is 5.10 Å². The highest BCUT2D eigenvalue weighted by molar-refractivity contribution is 7.89. The highest BCUT2D eigenvalue weighted by atomic mass is 32.2. The van der Waals surface area contributed by atoms with Crippen molar-refractivity contribution in [1.82, 2.24) is 14.1 Å². The molecule has 0 aliphatic heterocycles. The average molecular weight is 378 g/mol. The second kappa shape index (κ2) is 7.79. The fourth-order valence-electron chi connectivity index (χ4n) is 2.29. The van der Waals surface area contributed by atoms with Crippen molar-refractivity contribution in [2.45, 2.75) is 31.7 Å². The summed E-state index contributed by atoms with van der Waals surface area (Å²) in [4.78, 5) is 24.2. The van der Waals surface area contributed by atoms with Gasteiger partial charge in [0.15, 0.2) is 0 Å². The summed E-state index contributed by atoms with van der Waals surface area (Å²) in [6.07, 6.45) is 0.710. The van der Waals surface area contributed by atoms with Crippen LogP contribution >= 0.6 is 0 Å². The van der Waals surface area contributed by atoms with E-state index in [1.54, 1.807) is 19.1 Å². The molecule has 2 aromatic rings. The number of aryl methyl sites for hydroxylation is 2. The Labute approximate surface area is 152 Å². The first kappa shape index (κ1) is 19.8. The summed E-state index contributed by atoms with van der Waals surface area (Å²) in [5.74, 6) is -0.521. The van der Waals surface area contributed by atoms with Crippen LogP contribution in [-0.2, 0) is 16.6 Å². The molecule has 0 aliphatic carbocycles. The van der Waals surface area contributed by atoms with Gasteiger partial charge in [0.2, 0.25) is 10.0 Å². The molecule has 1 aromatic heterocycles. The molecule has 0 saturated heterocycles. The van der Waals surface area contributed by atoms with Crippen molar-refractivity contribution in [3.63, 3.8) is 0 Å². The van der Waals surface area contributed by atoms with Gasteiger partial charge in [-0.05, 0) is 37.1 Å². The quantitative estimate of drug-likeness (QED) is 0.820. The standard InChI is InChI=1S/C17H22N4O4S/c1-5-10-21-16(22)9-8-14(19-21)17(23)18-13-7-6-12(2)15(11-13)26(24,25)20(3)4/h6-9,11H,5,10H2,1-4H3,(H,18,23). The Morgan fingerprint density at radius 1 is 1.23 bits per heavy atom. The van der Waals surface area contributed by atoms with Gasteiger partial charge in [0, 0.05) is 32.4 Å². The van der Waals surface area contributed by atoms with Crippen molar-refractivity contribution in [1.29, 1.82) is 0 Å². The van der Waals surface area contributed by atoms with Crippen molar-refractivity contribution in [2.75, 3.05) is 19.4 Å². The number of nitrogens with one attached hydrogen (secondary N) is 1. The van der Waals surface area contributed by atoms with Gasteiger partial charge < -0.3 is 5.32 Å². The second-order valence-corrected chi connectivity index (χ2v) is 8.12. The van der Waals surface area contributed by atoms with E-state index in [1.165, 1.54) is 37.0 Å². The molecule has 0 atom stereocenters. The van der Waals surface area contributed by atoms with Crippen molar-refractivity contribution < 1.29 is 13.2 Å². The van der Waals surface area contributed by atoms with Gasteiger partial charge in [-0.25, -0.2) is 17.4 Å². The number of carbonyl (C=O) groups is 1. The zero-order chi connectivity index (χ0) is 19.5. The van der Waals surface area contributed by atoms with Gasteiger partial charge in [0.25, 0.3) is 11.5 Å². The molecule has 8 nitrogen and oxygen atoms in total. The summed E-state index contributed by atoms with van der Waals surface area (Å²) in [5, 5.41) is 6.67. The van der Waals surface area contributed by atoms with Crippen LogP contribution in [0.25, 0.3) is 0 Å². The first-order chi connectivity index (χ1) is 12.2. The number of hydrogen-bond donors (Lipinski definition) is 1. The first-order valence-electron chi connectivity index (χ1n) is 8.09. The lowest BCUT2D eigenvalue weighted by Gasteiger charge is -2.15. The Morgan fingerprint density at radius 2 is 1.92 bits per heavy atom. The van der Waals surface area contributed by atoms with Crippen LogP contribution in [0.2, 0.25) is 0 Å². The Balaban J connectivity index is 2.33. The molecular formula is C17H22N4O4S. The Hall–Kier alpha value is -2.52. The van der Waals surface area contributed by atoms with Gasteiger partial charge in [-0.1, -0.05) is 13.0 Å². The van der Waals surface area contributed by atoms with Crippen LogP contribution in [0.15, 0.2) is 40.0 Å². The molecular weight excluding hydrogens is 356 g/mol. The molecule has 1 aromatic carbocycles. The fourth-order valence-corrected chi connectivity index (χ4v) is 3.43. The molecule has 2 rings (SSSR count). The number of rotatable bonds is 6. The van der Waals surface area contributed by atoms with Gasteiger partial charge >= 0.3 is 0 Å². The second-order valence-electron chi connectivity index (χ2n) is 6.00. The molecule has 140 valence electrons. The molecule has 26 heavy (non-hydrogen) atoms. The van der Waals surface area contributed by atoms with Crippen LogP contribution < -0.4 is 10.9 Å². The van der Waals surface area contributed by atoms with Crippen LogP contribution in [0.5, 0.6) is 0 Å². The van der Waals surface area contributed by atoms with Crippen LogP contribution in [0.3, 0.4) is 0 Å². The molecule has 0 bridgehead atoms. The maximum absolute atomic E-state index is 12.4. The summed E-state index contributed by atoms with van der Waals surface area (Å²) in [5.41, 5.74) is 0.705. The average Bonchev–Trinajstić information content (AvgIpc) is 2.58. The topological polar surface area (TPSA) is 101 Å². The molecule has 0 aliphatic rings. The minimum absolute atomic E-state index is 0.0793. The lowest BCUT2D eigenvalue weighted by atomic mass is 10.2. The molecule has 1 heterocycles. The number of amides is 1. The third kappa shape index (κ3) is 4.17. The number of hydrogen-bond acceptors (Lipinski definition) is 5. The summed E-state index contributed by atoms with van der Waals surface area (Å²) in [6, 6.07) is 7.27.